The summed E-state index contributed by atoms with van der Waals surface area (Å²) in [5.41, 5.74) is 1.33. The van der Waals surface area contributed by atoms with Crippen molar-refractivity contribution < 1.29 is 14.3 Å². The van der Waals surface area contributed by atoms with E-state index in [1.54, 1.807) is 13.2 Å². The van der Waals surface area contributed by atoms with Crippen LogP contribution in [-0.4, -0.2) is 19.0 Å². The third-order valence-corrected chi connectivity index (χ3v) is 5.20. The molecule has 1 aromatic rings. The lowest BCUT2D eigenvalue weighted by atomic mass is 9.80. The zero-order valence-electron chi connectivity index (χ0n) is 15.6. The molecule has 0 aromatic heterocycles. The minimum absolute atomic E-state index is 0.288. The Kier molecular flexibility index (Phi) is 6.26. The van der Waals surface area contributed by atoms with Crippen LogP contribution in [-0.2, 0) is 9.53 Å². The minimum atomic E-state index is -0.347. The topological polar surface area (TPSA) is 47.9 Å². The number of ether oxygens (including phenoxy) is 2. The van der Waals surface area contributed by atoms with E-state index in [0.29, 0.717) is 11.6 Å². The van der Waals surface area contributed by atoms with Gasteiger partial charge in [-0.15, -0.1) is 0 Å². The van der Waals surface area contributed by atoms with E-state index < -0.39 is 0 Å². The Hall–Kier alpha value is -2.36. The van der Waals surface area contributed by atoms with Crippen molar-refractivity contribution in [2.45, 2.75) is 45.4 Å². The first-order chi connectivity index (χ1) is 12.7. The molecule has 1 saturated carbocycles. The van der Waals surface area contributed by atoms with Crippen molar-refractivity contribution >= 4 is 17.9 Å². The van der Waals surface area contributed by atoms with Crippen LogP contribution >= 0.6 is 0 Å². The Morgan fingerprint density at radius 1 is 1.23 bits per heavy atom. The number of methoxy groups -OCH3 is 1. The second-order valence-corrected chi connectivity index (χ2v) is 7.00. The van der Waals surface area contributed by atoms with Crippen molar-refractivity contribution in [3.8, 4) is 5.75 Å². The number of hydrogen-bond donors (Lipinski definition) is 0. The van der Waals surface area contributed by atoms with Gasteiger partial charge in [0.1, 0.15) is 5.75 Å². The van der Waals surface area contributed by atoms with Gasteiger partial charge in [0, 0.05) is 11.5 Å². The molecule has 2 aliphatic rings. The summed E-state index contributed by atoms with van der Waals surface area (Å²) in [4.78, 5) is 16.6. The molecule has 26 heavy (non-hydrogen) atoms. The van der Waals surface area contributed by atoms with Crippen LogP contribution in [0.1, 0.15) is 51.0 Å². The summed E-state index contributed by atoms with van der Waals surface area (Å²) in [5, 5.41) is 0. The number of aliphatic imine (C=N–C) groups is 1. The molecular weight excluding hydrogens is 326 g/mol. The van der Waals surface area contributed by atoms with Gasteiger partial charge in [0.15, 0.2) is 5.70 Å². The lowest BCUT2D eigenvalue weighted by Crippen LogP contribution is -2.22. The maximum atomic E-state index is 12.1. The molecule has 1 aliphatic heterocycles. The highest BCUT2D eigenvalue weighted by Gasteiger charge is 2.31. The van der Waals surface area contributed by atoms with Crippen molar-refractivity contribution in [3.05, 3.63) is 47.7 Å². The Morgan fingerprint density at radius 2 is 2.00 bits per heavy atom. The van der Waals surface area contributed by atoms with E-state index in [9.17, 15) is 4.79 Å². The predicted molar refractivity (Wildman–Crippen MR) is 104 cm³/mol. The van der Waals surface area contributed by atoms with Gasteiger partial charge in [0.2, 0.25) is 5.90 Å². The number of allylic oxidation sites excluding steroid dienone is 2. The van der Waals surface area contributed by atoms with Gasteiger partial charge in [-0.2, -0.15) is 0 Å². The number of carbonyl (C=O) groups excluding carboxylic acids is 1. The smallest absolute Gasteiger partial charge is 0.363 e. The van der Waals surface area contributed by atoms with Gasteiger partial charge in [0.25, 0.3) is 0 Å². The fourth-order valence-electron chi connectivity index (χ4n) is 3.77. The molecular formula is C22H27NO3. The molecule has 0 atom stereocenters. The molecule has 0 amide bonds. The van der Waals surface area contributed by atoms with Crippen LogP contribution < -0.4 is 4.74 Å². The standard InChI is InChI=1S/C22H27NO3/c1-3-7-16-12-14-18(15-13-16)21-23-19(22(24)26-21)10-6-9-17-8-4-5-11-20(17)25-2/h4-6,8-11,16,18H,3,7,12-15H2,1-2H3/b9-6+,19-10-. The molecule has 0 unspecified atom stereocenters. The molecule has 4 nitrogen and oxygen atoms in total. The molecule has 0 saturated heterocycles. The first-order valence-electron chi connectivity index (χ1n) is 9.53. The number of hydrogen-bond acceptors (Lipinski definition) is 4. The molecule has 1 aliphatic carbocycles. The molecule has 1 aromatic carbocycles. The molecule has 0 spiro atoms. The molecule has 1 fully saturated rings. The fraction of sp³-hybridized carbons (Fsp3) is 0.455. The highest BCUT2D eigenvalue weighted by Crippen LogP contribution is 2.34. The van der Waals surface area contributed by atoms with E-state index in [4.69, 9.17) is 9.47 Å². The van der Waals surface area contributed by atoms with Crippen molar-refractivity contribution in [2.24, 2.45) is 16.8 Å². The monoisotopic (exact) mass is 353 g/mol. The van der Waals surface area contributed by atoms with Crippen molar-refractivity contribution in [2.75, 3.05) is 7.11 Å². The van der Waals surface area contributed by atoms with E-state index in [0.717, 1.165) is 30.1 Å². The first kappa shape index (κ1) is 18.4. The lowest BCUT2D eigenvalue weighted by Gasteiger charge is -2.27. The third-order valence-electron chi connectivity index (χ3n) is 5.20. The van der Waals surface area contributed by atoms with Crippen molar-refractivity contribution in [1.82, 2.24) is 0 Å². The van der Waals surface area contributed by atoms with Crippen molar-refractivity contribution in [1.29, 1.82) is 0 Å². The van der Waals surface area contributed by atoms with Gasteiger partial charge >= 0.3 is 5.97 Å². The highest BCUT2D eigenvalue weighted by molar-refractivity contribution is 6.05. The number of benzene rings is 1. The summed E-state index contributed by atoms with van der Waals surface area (Å²) in [6.07, 6.45) is 12.5. The van der Waals surface area contributed by atoms with Gasteiger partial charge in [-0.3, -0.25) is 0 Å². The second kappa shape index (κ2) is 8.84. The number of para-hydroxylation sites is 1. The van der Waals surface area contributed by atoms with Crippen LogP contribution in [0.15, 0.2) is 47.1 Å². The summed E-state index contributed by atoms with van der Waals surface area (Å²) in [7, 11) is 1.64. The fourth-order valence-corrected chi connectivity index (χ4v) is 3.77. The van der Waals surface area contributed by atoms with E-state index in [-0.39, 0.29) is 11.9 Å². The third kappa shape index (κ3) is 4.43. The SMILES string of the molecule is CCCC1CCC(C2=N/C(=C\C=C\c3ccccc3OC)C(=O)O2)CC1. The largest absolute Gasteiger partial charge is 0.496 e. The lowest BCUT2D eigenvalue weighted by molar-refractivity contribution is -0.130. The quantitative estimate of drug-likeness (QED) is 0.524. The predicted octanol–water partition coefficient (Wildman–Crippen LogP) is 5.15. The summed E-state index contributed by atoms with van der Waals surface area (Å²) in [6.45, 7) is 2.24. The summed E-state index contributed by atoms with van der Waals surface area (Å²) in [5.74, 6) is 2.18. The minimum Gasteiger partial charge on any atom is -0.496 e. The zero-order chi connectivity index (χ0) is 18.4. The van der Waals surface area contributed by atoms with E-state index >= 15 is 0 Å². The summed E-state index contributed by atoms with van der Waals surface area (Å²) in [6, 6.07) is 7.74. The van der Waals surface area contributed by atoms with Crippen LogP contribution in [0, 0.1) is 11.8 Å². The van der Waals surface area contributed by atoms with Crippen LogP contribution in [0.3, 0.4) is 0 Å². The van der Waals surface area contributed by atoms with E-state index in [2.05, 4.69) is 11.9 Å². The van der Waals surface area contributed by atoms with Gasteiger partial charge in [-0.1, -0.05) is 50.1 Å². The van der Waals surface area contributed by atoms with Crippen LogP contribution in [0.4, 0.5) is 0 Å². The second-order valence-electron chi connectivity index (χ2n) is 7.00. The first-order valence-corrected chi connectivity index (χ1v) is 9.53. The normalized spacial score (nSPS) is 24.8. The molecule has 0 radical (unpaired) electrons. The van der Waals surface area contributed by atoms with E-state index in [1.165, 1.54) is 25.7 Å². The highest BCUT2D eigenvalue weighted by atomic mass is 16.6. The Labute approximate surface area is 155 Å². The molecule has 4 heteroatoms. The maximum Gasteiger partial charge on any atom is 0.363 e. The number of esters is 1. The van der Waals surface area contributed by atoms with E-state index in [1.807, 2.05) is 36.4 Å². The molecule has 3 rings (SSSR count). The molecule has 0 bridgehead atoms. The van der Waals surface area contributed by atoms with Crippen LogP contribution in [0.5, 0.6) is 5.75 Å². The Bertz CT molecular complexity index is 725. The summed E-state index contributed by atoms with van der Waals surface area (Å²) < 4.78 is 10.8. The number of cyclic esters (lactones) is 1. The summed E-state index contributed by atoms with van der Waals surface area (Å²) >= 11 is 0. The zero-order valence-corrected chi connectivity index (χ0v) is 15.6. The van der Waals surface area contributed by atoms with Gasteiger partial charge in [0.05, 0.1) is 7.11 Å². The molecule has 1 heterocycles. The van der Waals surface area contributed by atoms with Crippen LogP contribution in [0.25, 0.3) is 6.08 Å². The van der Waals surface area contributed by atoms with Crippen LogP contribution in [0.2, 0.25) is 0 Å². The number of nitrogens with zero attached hydrogens (tertiary/aromatic N) is 1. The van der Waals surface area contributed by atoms with Gasteiger partial charge in [-0.25, -0.2) is 9.79 Å². The number of rotatable bonds is 6. The number of carbonyl (C=O) groups is 1. The van der Waals surface area contributed by atoms with Gasteiger partial charge < -0.3 is 9.47 Å². The average molecular weight is 353 g/mol. The average Bonchev–Trinajstić information content (AvgIpc) is 3.04. The Morgan fingerprint density at radius 3 is 2.73 bits per heavy atom. The van der Waals surface area contributed by atoms with Crippen molar-refractivity contribution in [3.63, 3.8) is 0 Å². The maximum absolute atomic E-state index is 12.1. The molecule has 0 N–H and O–H groups in total. The molecule has 138 valence electrons. The Balaban J connectivity index is 1.64. The van der Waals surface area contributed by atoms with Gasteiger partial charge in [-0.05, 0) is 43.7 Å².